The number of benzene rings is 1. The zero-order valence-corrected chi connectivity index (χ0v) is 12.2. The molecule has 0 aliphatic carbocycles. The van der Waals surface area contributed by atoms with Crippen molar-refractivity contribution in [1.29, 1.82) is 0 Å². The molecule has 1 N–H and O–H groups in total. The number of amides is 1. The number of esters is 1. The lowest BCUT2D eigenvalue weighted by atomic mass is 9.83. The van der Waals surface area contributed by atoms with E-state index in [4.69, 9.17) is 9.47 Å². The molecule has 1 fully saturated rings. The van der Waals surface area contributed by atoms with Gasteiger partial charge in [-0.2, -0.15) is 0 Å². The van der Waals surface area contributed by atoms with Gasteiger partial charge < -0.3 is 14.8 Å². The van der Waals surface area contributed by atoms with E-state index in [1.165, 1.54) is 19.2 Å². The Labute approximate surface area is 126 Å². The molecule has 2 unspecified atom stereocenters. The summed E-state index contributed by atoms with van der Waals surface area (Å²) >= 11 is 0. The van der Waals surface area contributed by atoms with Crippen LogP contribution in [-0.2, 0) is 19.1 Å². The van der Waals surface area contributed by atoms with Gasteiger partial charge in [-0.1, -0.05) is 6.07 Å². The first-order valence-corrected chi connectivity index (χ1v) is 6.81. The van der Waals surface area contributed by atoms with E-state index in [0.29, 0.717) is 5.75 Å². The third kappa shape index (κ3) is 2.93. The third-order valence-electron chi connectivity index (χ3n) is 3.48. The van der Waals surface area contributed by atoms with E-state index < -0.39 is 35.3 Å². The molecule has 1 aliphatic rings. The molecule has 6 nitrogen and oxygen atoms in total. The highest BCUT2D eigenvalue weighted by molar-refractivity contribution is 6.19. The summed E-state index contributed by atoms with van der Waals surface area (Å²) in [7, 11) is 1.40. The second-order valence-electron chi connectivity index (χ2n) is 4.77. The van der Waals surface area contributed by atoms with Gasteiger partial charge in [0, 0.05) is 18.2 Å². The first kappa shape index (κ1) is 15.9. The number of halogens is 1. The molecule has 1 aliphatic heterocycles. The number of rotatable bonds is 4. The SMILES string of the molecule is CCOC(=O)C1C(=O)NCC(c2ccc(OC)cc2F)C1=O. The third-order valence-corrected chi connectivity index (χ3v) is 3.48. The maximum absolute atomic E-state index is 14.1. The Morgan fingerprint density at radius 1 is 1.41 bits per heavy atom. The van der Waals surface area contributed by atoms with Crippen molar-refractivity contribution < 1.29 is 28.2 Å². The average Bonchev–Trinajstić information content (AvgIpc) is 2.48. The van der Waals surface area contributed by atoms with Crippen molar-refractivity contribution in [3.8, 4) is 5.75 Å². The van der Waals surface area contributed by atoms with Crippen LogP contribution in [0.5, 0.6) is 5.75 Å². The fraction of sp³-hybridized carbons (Fsp3) is 0.400. The summed E-state index contributed by atoms with van der Waals surface area (Å²) in [5.74, 6) is -5.09. The second kappa shape index (κ2) is 6.55. The molecule has 0 spiro atoms. The van der Waals surface area contributed by atoms with Crippen LogP contribution in [0.3, 0.4) is 0 Å². The predicted molar refractivity (Wildman–Crippen MR) is 73.8 cm³/mol. The van der Waals surface area contributed by atoms with E-state index in [-0.39, 0.29) is 18.7 Å². The smallest absolute Gasteiger partial charge is 0.326 e. The van der Waals surface area contributed by atoms with Gasteiger partial charge >= 0.3 is 5.97 Å². The Kier molecular flexibility index (Phi) is 4.75. The number of hydrogen-bond acceptors (Lipinski definition) is 5. The Morgan fingerprint density at radius 2 is 2.14 bits per heavy atom. The van der Waals surface area contributed by atoms with Crippen LogP contribution in [0, 0.1) is 11.7 Å². The van der Waals surface area contributed by atoms with Gasteiger partial charge in [-0.05, 0) is 13.0 Å². The topological polar surface area (TPSA) is 81.7 Å². The average molecular weight is 309 g/mol. The van der Waals surface area contributed by atoms with Crippen molar-refractivity contribution in [3.05, 3.63) is 29.6 Å². The van der Waals surface area contributed by atoms with Gasteiger partial charge in [0.15, 0.2) is 11.7 Å². The van der Waals surface area contributed by atoms with Crippen LogP contribution in [0.1, 0.15) is 18.4 Å². The molecule has 7 heteroatoms. The summed E-state index contributed by atoms with van der Waals surface area (Å²) in [6.07, 6.45) is 0. The normalized spacial score (nSPS) is 21.2. The second-order valence-corrected chi connectivity index (χ2v) is 4.77. The van der Waals surface area contributed by atoms with Crippen molar-refractivity contribution >= 4 is 17.7 Å². The summed E-state index contributed by atoms with van der Waals surface area (Å²) in [5.41, 5.74) is 0.111. The van der Waals surface area contributed by atoms with Crippen molar-refractivity contribution in [2.45, 2.75) is 12.8 Å². The molecule has 0 radical (unpaired) electrons. The number of ketones is 1. The molecule has 22 heavy (non-hydrogen) atoms. The number of carbonyl (C=O) groups is 3. The predicted octanol–water partition coefficient (Wildman–Crippen LogP) is 0.796. The number of nitrogens with one attached hydrogen (secondary N) is 1. The van der Waals surface area contributed by atoms with Gasteiger partial charge in [-0.25, -0.2) is 4.39 Å². The minimum absolute atomic E-state index is 0.0530. The standard InChI is InChI=1S/C15H16FNO5/c1-3-22-15(20)12-13(18)10(7-17-14(12)19)9-5-4-8(21-2)6-11(9)16/h4-6,10,12H,3,7H2,1-2H3,(H,17,19). The fourth-order valence-corrected chi connectivity index (χ4v) is 2.37. The number of hydrogen-bond donors (Lipinski definition) is 1. The molecule has 0 aromatic heterocycles. The molecule has 0 saturated carbocycles. The van der Waals surface area contributed by atoms with Gasteiger partial charge in [0.05, 0.1) is 19.6 Å². The Morgan fingerprint density at radius 3 is 2.73 bits per heavy atom. The Balaban J connectivity index is 2.30. The molecule has 118 valence electrons. The summed E-state index contributed by atoms with van der Waals surface area (Å²) in [6.45, 7) is 1.57. The highest BCUT2D eigenvalue weighted by atomic mass is 19.1. The largest absolute Gasteiger partial charge is 0.497 e. The summed E-state index contributed by atoms with van der Waals surface area (Å²) in [6, 6.07) is 4.08. The van der Waals surface area contributed by atoms with E-state index in [9.17, 15) is 18.8 Å². The van der Waals surface area contributed by atoms with Crippen LogP contribution in [0.25, 0.3) is 0 Å². The molecular weight excluding hydrogens is 293 g/mol. The molecule has 1 saturated heterocycles. The number of ether oxygens (including phenoxy) is 2. The Bertz CT molecular complexity index is 616. The maximum atomic E-state index is 14.1. The van der Waals surface area contributed by atoms with Gasteiger partial charge in [-0.15, -0.1) is 0 Å². The van der Waals surface area contributed by atoms with E-state index >= 15 is 0 Å². The first-order valence-electron chi connectivity index (χ1n) is 6.81. The number of carbonyl (C=O) groups excluding carboxylic acids is 3. The lowest BCUT2D eigenvalue weighted by Crippen LogP contribution is -2.51. The molecule has 1 aromatic rings. The van der Waals surface area contributed by atoms with Crippen LogP contribution in [0.15, 0.2) is 18.2 Å². The minimum atomic E-state index is -1.56. The Hall–Kier alpha value is -2.44. The fourth-order valence-electron chi connectivity index (χ4n) is 2.37. The molecule has 0 bridgehead atoms. The van der Waals surface area contributed by atoms with E-state index in [0.717, 1.165) is 6.07 Å². The van der Waals surface area contributed by atoms with Crippen LogP contribution in [-0.4, -0.2) is 37.9 Å². The highest BCUT2D eigenvalue weighted by Crippen LogP contribution is 2.28. The van der Waals surface area contributed by atoms with Crippen LogP contribution >= 0.6 is 0 Å². The van der Waals surface area contributed by atoms with E-state index in [2.05, 4.69) is 5.32 Å². The number of piperidine rings is 1. The summed E-state index contributed by atoms with van der Waals surface area (Å²) in [5, 5.41) is 2.45. The van der Waals surface area contributed by atoms with Gasteiger partial charge in [-0.3, -0.25) is 14.4 Å². The van der Waals surface area contributed by atoms with Crippen molar-refractivity contribution in [2.24, 2.45) is 5.92 Å². The number of Topliss-reactive ketones (excluding diaryl/α,β-unsaturated/α-hetero) is 1. The van der Waals surface area contributed by atoms with Gasteiger partial charge in [0.25, 0.3) is 0 Å². The lowest BCUT2D eigenvalue weighted by molar-refractivity contribution is -0.157. The van der Waals surface area contributed by atoms with Crippen LogP contribution in [0.2, 0.25) is 0 Å². The molecule has 1 amide bonds. The maximum Gasteiger partial charge on any atom is 0.326 e. The van der Waals surface area contributed by atoms with Gasteiger partial charge in [0.2, 0.25) is 5.91 Å². The van der Waals surface area contributed by atoms with Gasteiger partial charge in [0.1, 0.15) is 11.6 Å². The zero-order valence-electron chi connectivity index (χ0n) is 12.2. The van der Waals surface area contributed by atoms with E-state index in [1.807, 2.05) is 0 Å². The molecule has 1 aromatic carbocycles. The van der Waals surface area contributed by atoms with Crippen LogP contribution in [0.4, 0.5) is 4.39 Å². The minimum Gasteiger partial charge on any atom is -0.497 e. The van der Waals surface area contributed by atoms with E-state index in [1.54, 1.807) is 6.92 Å². The van der Waals surface area contributed by atoms with Crippen molar-refractivity contribution in [3.63, 3.8) is 0 Å². The van der Waals surface area contributed by atoms with Crippen molar-refractivity contribution in [2.75, 3.05) is 20.3 Å². The quantitative estimate of drug-likeness (QED) is 0.657. The first-order chi connectivity index (χ1) is 10.5. The molecule has 2 rings (SSSR count). The van der Waals surface area contributed by atoms with Crippen LogP contribution < -0.4 is 10.1 Å². The molecular formula is C15H16FNO5. The summed E-state index contributed by atoms with van der Waals surface area (Å²) < 4.78 is 23.7. The zero-order chi connectivity index (χ0) is 16.3. The number of methoxy groups -OCH3 is 1. The highest BCUT2D eigenvalue weighted by Gasteiger charge is 2.44. The summed E-state index contributed by atoms with van der Waals surface area (Å²) in [4.78, 5) is 35.9. The lowest BCUT2D eigenvalue weighted by Gasteiger charge is -2.27. The molecule has 1 heterocycles. The van der Waals surface area contributed by atoms with Crippen molar-refractivity contribution in [1.82, 2.24) is 5.32 Å². The monoisotopic (exact) mass is 309 g/mol. The molecule has 2 atom stereocenters.